The van der Waals surface area contributed by atoms with Gasteiger partial charge in [0.15, 0.2) is 6.29 Å². The molecule has 0 radical (unpaired) electrons. The van der Waals surface area contributed by atoms with E-state index in [0.717, 1.165) is 11.1 Å². The molecule has 1 aromatic carbocycles. The minimum atomic E-state index is -0.533. The highest BCUT2D eigenvalue weighted by Crippen LogP contribution is 2.29. The van der Waals surface area contributed by atoms with Crippen LogP contribution in [0.15, 0.2) is 36.7 Å². The molecule has 0 amide bonds. The maximum Gasteiger partial charge on any atom is 0.155 e. The first-order chi connectivity index (χ1) is 10.2. The van der Waals surface area contributed by atoms with Crippen LogP contribution < -0.4 is 0 Å². The normalized spacial score (nSPS) is 21.2. The molecule has 0 spiro atoms. The number of hydrogen-bond donors (Lipinski definition) is 0. The summed E-state index contributed by atoms with van der Waals surface area (Å²) in [5.74, 6) is -0.533. The third kappa shape index (κ3) is 2.77. The lowest BCUT2D eigenvalue weighted by molar-refractivity contribution is -0.0426. The Morgan fingerprint density at radius 1 is 1.29 bits per heavy atom. The second-order valence-electron chi connectivity index (χ2n) is 4.84. The van der Waals surface area contributed by atoms with E-state index in [4.69, 9.17) is 14.7 Å². The van der Waals surface area contributed by atoms with Crippen molar-refractivity contribution in [2.45, 2.75) is 19.3 Å². The van der Waals surface area contributed by atoms with E-state index >= 15 is 0 Å². The van der Waals surface area contributed by atoms with E-state index in [0.29, 0.717) is 12.2 Å². The minimum absolute atomic E-state index is 0.0317. The van der Waals surface area contributed by atoms with Gasteiger partial charge >= 0.3 is 0 Å². The van der Waals surface area contributed by atoms with Gasteiger partial charge in [-0.15, -0.1) is 0 Å². The molecule has 0 aliphatic carbocycles. The zero-order valence-corrected chi connectivity index (χ0v) is 11.4. The Morgan fingerprint density at radius 3 is 2.81 bits per heavy atom. The summed E-state index contributed by atoms with van der Waals surface area (Å²) in [7, 11) is 0. The standard InChI is InChI=1S/C16H13FN2O2/c1-10-20-9-16(21-10)14-4-13(7-19-8-14)11-2-3-12(6-18)15(17)5-11/h2-5,7-8,10,16H,9H2,1H3. The summed E-state index contributed by atoms with van der Waals surface area (Å²) >= 11 is 0. The summed E-state index contributed by atoms with van der Waals surface area (Å²) in [6, 6.07) is 8.22. The predicted octanol–water partition coefficient (Wildman–Crippen LogP) is 3.19. The summed E-state index contributed by atoms with van der Waals surface area (Å²) in [5, 5.41) is 8.76. The van der Waals surface area contributed by atoms with Crippen LogP contribution in [0.25, 0.3) is 11.1 Å². The summed E-state index contributed by atoms with van der Waals surface area (Å²) in [6.45, 7) is 2.32. The van der Waals surface area contributed by atoms with Gasteiger partial charge in [0.25, 0.3) is 0 Å². The molecule has 2 atom stereocenters. The zero-order chi connectivity index (χ0) is 14.8. The van der Waals surface area contributed by atoms with Crippen LogP contribution in [0.1, 0.15) is 24.2 Å². The summed E-state index contributed by atoms with van der Waals surface area (Å²) < 4.78 is 24.7. The Bertz CT molecular complexity index is 712. The number of halogens is 1. The van der Waals surface area contributed by atoms with Crippen molar-refractivity contribution in [1.82, 2.24) is 4.98 Å². The first-order valence-electron chi connectivity index (χ1n) is 6.59. The first kappa shape index (κ1) is 13.7. The van der Waals surface area contributed by atoms with Gasteiger partial charge in [-0.05, 0) is 30.7 Å². The number of nitrogens with zero attached hydrogens (tertiary/aromatic N) is 2. The quantitative estimate of drug-likeness (QED) is 0.849. The van der Waals surface area contributed by atoms with Crippen molar-refractivity contribution in [2.24, 2.45) is 0 Å². The fraction of sp³-hybridized carbons (Fsp3) is 0.250. The van der Waals surface area contributed by atoms with Crippen LogP contribution in [0.3, 0.4) is 0 Å². The molecule has 1 aromatic heterocycles. The lowest BCUT2D eigenvalue weighted by Gasteiger charge is -2.10. The van der Waals surface area contributed by atoms with Crippen molar-refractivity contribution < 1.29 is 13.9 Å². The second kappa shape index (κ2) is 5.60. The number of hydrogen-bond acceptors (Lipinski definition) is 4. The van der Waals surface area contributed by atoms with Crippen molar-refractivity contribution in [1.29, 1.82) is 5.26 Å². The molecule has 21 heavy (non-hydrogen) atoms. The van der Waals surface area contributed by atoms with Gasteiger partial charge in [0.2, 0.25) is 0 Å². The van der Waals surface area contributed by atoms with Crippen LogP contribution in [0.4, 0.5) is 4.39 Å². The molecule has 1 fully saturated rings. The van der Waals surface area contributed by atoms with Crippen LogP contribution in [-0.4, -0.2) is 17.9 Å². The van der Waals surface area contributed by atoms with Gasteiger partial charge in [0.1, 0.15) is 18.0 Å². The van der Waals surface area contributed by atoms with Gasteiger partial charge in [-0.25, -0.2) is 4.39 Å². The topological polar surface area (TPSA) is 55.1 Å². The average molecular weight is 284 g/mol. The van der Waals surface area contributed by atoms with Crippen molar-refractivity contribution in [2.75, 3.05) is 6.61 Å². The number of aromatic nitrogens is 1. The molecule has 106 valence electrons. The van der Waals surface area contributed by atoms with E-state index in [9.17, 15) is 4.39 Å². The molecule has 0 N–H and O–H groups in total. The molecule has 1 saturated heterocycles. The Labute approximate surface area is 121 Å². The molecule has 1 aliphatic heterocycles. The molecule has 4 nitrogen and oxygen atoms in total. The van der Waals surface area contributed by atoms with Crippen LogP contribution in [0.2, 0.25) is 0 Å². The number of pyridine rings is 1. The molecular formula is C16H13FN2O2. The van der Waals surface area contributed by atoms with Gasteiger partial charge in [0.05, 0.1) is 12.2 Å². The van der Waals surface area contributed by atoms with Crippen LogP contribution in [0, 0.1) is 17.1 Å². The van der Waals surface area contributed by atoms with Crippen LogP contribution in [0.5, 0.6) is 0 Å². The van der Waals surface area contributed by atoms with E-state index in [1.165, 1.54) is 12.1 Å². The molecule has 2 unspecified atom stereocenters. The monoisotopic (exact) mass is 284 g/mol. The van der Waals surface area contributed by atoms with Crippen LogP contribution in [-0.2, 0) is 9.47 Å². The predicted molar refractivity (Wildman–Crippen MR) is 73.6 cm³/mol. The van der Waals surface area contributed by atoms with E-state index in [2.05, 4.69) is 4.98 Å². The van der Waals surface area contributed by atoms with E-state index in [-0.39, 0.29) is 18.0 Å². The van der Waals surface area contributed by atoms with Crippen molar-refractivity contribution in [3.63, 3.8) is 0 Å². The number of benzene rings is 1. The van der Waals surface area contributed by atoms with E-state index in [1.54, 1.807) is 18.5 Å². The number of rotatable bonds is 2. The molecule has 2 heterocycles. The van der Waals surface area contributed by atoms with E-state index < -0.39 is 5.82 Å². The van der Waals surface area contributed by atoms with Crippen molar-refractivity contribution in [3.8, 4) is 17.2 Å². The minimum Gasteiger partial charge on any atom is -0.350 e. The van der Waals surface area contributed by atoms with Gasteiger partial charge in [0, 0.05) is 23.5 Å². The molecule has 5 heteroatoms. The first-order valence-corrected chi connectivity index (χ1v) is 6.59. The van der Waals surface area contributed by atoms with Crippen molar-refractivity contribution in [3.05, 3.63) is 53.6 Å². The Kier molecular flexibility index (Phi) is 3.65. The SMILES string of the molecule is CC1OCC(c2cncc(-c3ccc(C#N)c(F)c3)c2)O1. The summed E-state index contributed by atoms with van der Waals surface area (Å²) in [4.78, 5) is 4.18. The summed E-state index contributed by atoms with van der Waals surface area (Å²) in [5.41, 5.74) is 2.37. The average Bonchev–Trinajstić information content (AvgIpc) is 2.94. The molecular weight excluding hydrogens is 271 g/mol. The highest BCUT2D eigenvalue weighted by molar-refractivity contribution is 5.64. The fourth-order valence-corrected chi connectivity index (χ4v) is 2.28. The smallest absolute Gasteiger partial charge is 0.155 e. The molecule has 3 rings (SSSR count). The van der Waals surface area contributed by atoms with Gasteiger partial charge in [-0.3, -0.25) is 4.98 Å². The summed E-state index contributed by atoms with van der Waals surface area (Å²) in [6.07, 6.45) is 2.99. The van der Waals surface area contributed by atoms with Crippen LogP contribution >= 0.6 is 0 Å². The highest BCUT2D eigenvalue weighted by atomic mass is 19.1. The molecule has 0 saturated carbocycles. The Balaban J connectivity index is 1.93. The van der Waals surface area contributed by atoms with Gasteiger partial charge < -0.3 is 9.47 Å². The number of ether oxygens (including phenoxy) is 2. The second-order valence-corrected chi connectivity index (χ2v) is 4.84. The Hall–Kier alpha value is -2.29. The Morgan fingerprint density at radius 2 is 2.14 bits per heavy atom. The molecule has 1 aliphatic rings. The van der Waals surface area contributed by atoms with Crippen molar-refractivity contribution >= 4 is 0 Å². The molecule has 2 aromatic rings. The third-order valence-electron chi connectivity index (χ3n) is 3.39. The maximum absolute atomic E-state index is 13.7. The lowest BCUT2D eigenvalue weighted by atomic mass is 10.0. The zero-order valence-electron chi connectivity index (χ0n) is 11.4. The largest absolute Gasteiger partial charge is 0.350 e. The molecule has 0 bridgehead atoms. The van der Waals surface area contributed by atoms with Gasteiger partial charge in [-0.1, -0.05) is 6.07 Å². The maximum atomic E-state index is 13.7. The highest BCUT2D eigenvalue weighted by Gasteiger charge is 2.24. The fourth-order valence-electron chi connectivity index (χ4n) is 2.28. The van der Waals surface area contributed by atoms with E-state index in [1.807, 2.05) is 19.1 Å². The lowest BCUT2D eigenvalue weighted by Crippen LogP contribution is -2.03. The third-order valence-corrected chi connectivity index (χ3v) is 3.39. The van der Waals surface area contributed by atoms with Gasteiger partial charge in [-0.2, -0.15) is 5.26 Å². The number of nitriles is 1.